The first-order valence-electron chi connectivity index (χ1n) is 8.05. The van der Waals surface area contributed by atoms with Crippen molar-refractivity contribution in [3.05, 3.63) is 40.4 Å². The highest BCUT2D eigenvalue weighted by Crippen LogP contribution is 2.29. The molecule has 1 aliphatic rings. The molecular weight excluding hydrogens is 278 g/mol. The van der Waals surface area contributed by atoms with E-state index >= 15 is 0 Å². The van der Waals surface area contributed by atoms with Gasteiger partial charge in [0.25, 0.3) is 5.56 Å². The first kappa shape index (κ1) is 15.2. The molecule has 1 aromatic heterocycles. The van der Waals surface area contributed by atoms with Crippen molar-refractivity contribution >= 4 is 10.9 Å². The van der Waals surface area contributed by atoms with Gasteiger partial charge in [0.2, 0.25) is 0 Å². The number of aliphatic hydroxyl groups excluding tert-OH is 1. The monoisotopic (exact) mass is 301 g/mol. The van der Waals surface area contributed by atoms with Crippen LogP contribution >= 0.6 is 0 Å². The molecule has 5 nitrogen and oxygen atoms in total. The Bertz CT molecular complexity index is 698. The fraction of sp³-hybridized carbons (Fsp3) is 0.529. The Hall–Kier alpha value is -1.72. The average molecular weight is 301 g/mol. The summed E-state index contributed by atoms with van der Waals surface area (Å²) < 4.78 is 0. The summed E-state index contributed by atoms with van der Waals surface area (Å²) in [6, 6.07) is 7.77. The van der Waals surface area contributed by atoms with Crippen molar-refractivity contribution < 1.29 is 5.11 Å². The molecule has 0 saturated heterocycles. The van der Waals surface area contributed by atoms with Crippen molar-refractivity contribution in [2.24, 2.45) is 5.92 Å². The molecule has 22 heavy (non-hydrogen) atoms. The molecule has 0 unspecified atom stereocenters. The molecule has 0 aliphatic heterocycles. The minimum atomic E-state index is -0.0902. The second-order valence-electron chi connectivity index (χ2n) is 6.17. The van der Waals surface area contributed by atoms with Crippen LogP contribution in [0.15, 0.2) is 29.1 Å². The maximum Gasteiger partial charge on any atom is 0.258 e. The summed E-state index contributed by atoms with van der Waals surface area (Å²) in [7, 11) is 0. The standard InChI is InChI=1S/C17H23N3O2/c1-11(18-14-8-4-5-12(14)9-10-21)16-19-15-7-3-2-6-13(15)17(22)20-16/h2-3,6-7,11-12,14,18,21H,4-5,8-10H2,1H3,(H,19,20,22)/t11-,12+,14-/m0/s1. The number of hydrogen-bond acceptors (Lipinski definition) is 4. The molecule has 1 aromatic carbocycles. The number of rotatable bonds is 5. The zero-order valence-corrected chi connectivity index (χ0v) is 12.9. The van der Waals surface area contributed by atoms with E-state index < -0.39 is 0 Å². The van der Waals surface area contributed by atoms with Gasteiger partial charge in [-0.15, -0.1) is 0 Å². The Balaban J connectivity index is 1.80. The van der Waals surface area contributed by atoms with Crippen LogP contribution in [0.2, 0.25) is 0 Å². The Morgan fingerprint density at radius 3 is 3.05 bits per heavy atom. The number of H-pyrrole nitrogens is 1. The number of nitrogens with one attached hydrogen (secondary N) is 2. The number of nitrogens with zero attached hydrogens (tertiary/aromatic N) is 1. The highest BCUT2D eigenvalue weighted by Gasteiger charge is 2.28. The van der Waals surface area contributed by atoms with Gasteiger partial charge in [-0.3, -0.25) is 4.79 Å². The molecule has 3 atom stereocenters. The lowest BCUT2D eigenvalue weighted by Crippen LogP contribution is -2.36. The number of benzene rings is 1. The van der Waals surface area contributed by atoms with Gasteiger partial charge in [-0.1, -0.05) is 18.6 Å². The fourth-order valence-electron chi connectivity index (χ4n) is 3.48. The van der Waals surface area contributed by atoms with Crippen LogP contribution in [-0.2, 0) is 0 Å². The molecule has 0 bridgehead atoms. The van der Waals surface area contributed by atoms with Gasteiger partial charge in [0, 0.05) is 12.6 Å². The van der Waals surface area contributed by atoms with Crippen molar-refractivity contribution in [1.82, 2.24) is 15.3 Å². The number of fused-ring (bicyclic) bond motifs is 1. The van der Waals surface area contributed by atoms with Crippen molar-refractivity contribution in [3.8, 4) is 0 Å². The Labute approximate surface area is 129 Å². The van der Waals surface area contributed by atoms with Crippen LogP contribution < -0.4 is 10.9 Å². The van der Waals surface area contributed by atoms with Gasteiger partial charge >= 0.3 is 0 Å². The van der Waals surface area contributed by atoms with E-state index in [1.807, 2.05) is 25.1 Å². The number of aromatic nitrogens is 2. The normalized spacial score (nSPS) is 23.0. The highest BCUT2D eigenvalue weighted by molar-refractivity contribution is 5.77. The second kappa shape index (κ2) is 6.58. The smallest absolute Gasteiger partial charge is 0.258 e. The topological polar surface area (TPSA) is 78.0 Å². The average Bonchev–Trinajstić information content (AvgIpc) is 2.95. The number of aromatic amines is 1. The van der Waals surface area contributed by atoms with Crippen molar-refractivity contribution in [3.63, 3.8) is 0 Å². The largest absolute Gasteiger partial charge is 0.396 e. The van der Waals surface area contributed by atoms with Crippen LogP contribution in [0.25, 0.3) is 10.9 Å². The zero-order valence-electron chi connectivity index (χ0n) is 12.9. The van der Waals surface area contributed by atoms with Crippen molar-refractivity contribution in [2.75, 3.05) is 6.61 Å². The molecule has 118 valence electrons. The summed E-state index contributed by atoms with van der Waals surface area (Å²) in [4.78, 5) is 19.6. The maximum atomic E-state index is 12.2. The molecule has 1 heterocycles. The Morgan fingerprint density at radius 2 is 2.23 bits per heavy atom. The molecule has 0 radical (unpaired) electrons. The van der Waals surface area contributed by atoms with E-state index in [2.05, 4.69) is 15.3 Å². The third-order valence-corrected chi connectivity index (χ3v) is 4.66. The molecule has 1 saturated carbocycles. The lowest BCUT2D eigenvalue weighted by atomic mass is 9.99. The van der Waals surface area contributed by atoms with E-state index in [1.165, 1.54) is 6.42 Å². The van der Waals surface area contributed by atoms with Crippen LogP contribution in [0.5, 0.6) is 0 Å². The van der Waals surface area contributed by atoms with E-state index in [4.69, 9.17) is 5.11 Å². The Kier molecular flexibility index (Phi) is 4.55. The molecule has 0 spiro atoms. The number of para-hydroxylation sites is 1. The van der Waals surface area contributed by atoms with Crippen molar-refractivity contribution in [1.29, 1.82) is 0 Å². The predicted molar refractivity (Wildman–Crippen MR) is 86.7 cm³/mol. The quantitative estimate of drug-likeness (QED) is 0.790. The summed E-state index contributed by atoms with van der Waals surface area (Å²) in [6.45, 7) is 2.27. The highest BCUT2D eigenvalue weighted by atomic mass is 16.3. The van der Waals surface area contributed by atoms with Gasteiger partial charge in [0.05, 0.1) is 16.9 Å². The molecule has 3 rings (SSSR count). The molecule has 2 aromatic rings. The van der Waals surface area contributed by atoms with Gasteiger partial charge in [0.1, 0.15) is 5.82 Å². The number of aliphatic hydroxyl groups is 1. The van der Waals surface area contributed by atoms with Crippen LogP contribution in [-0.4, -0.2) is 27.7 Å². The van der Waals surface area contributed by atoms with Gasteiger partial charge in [-0.25, -0.2) is 4.98 Å². The van der Waals surface area contributed by atoms with Gasteiger partial charge in [0.15, 0.2) is 0 Å². The lowest BCUT2D eigenvalue weighted by Gasteiger charge is -2.24. The summed E-state index contributed by atoms with van der Waals surface area (Å²) >= 11 is 0. The first-order valence-corrected chi connectivity index (χ1v) is 8.05. The third-order valence-electron chi connectivity index (χ3n) is 4.66. The molecule has 0 amide bonds. The number of hydrogen-bond donors (Lipinski definition) is 3. The SMILES string of the molecule is C[C@H](N[C@H]1CCC[C@@H]1CCO)c1nc2ccccc2c(=O)[nH]1. The van der Waals surface area contributed by atoms with Gasteiger partial charge in [-0.05, 0) is 44.2 Å². The Morgan fingerprint density at radius 1 is 1.41 bits per heavy atom. The van der Waals surface area contributed by atoms with Gasteiger partial charge in [-0.2, -0.15) is 0 Å². The lowest BCUT2D eigenvalue weighted by molar-refractivity contribution is 0.237. The second-order valence-corrected chi connectivity index (χ2v) is 6.17. The van der Waals surface area contributed by atoms with Crippen LogP contribution in [0.3, 0.4) is 0 Å². The van der Waals surface area contributed by atoms with E-state index in [9.17, 15) is 4.79 Å². The maximum absolute atomic E-state index is 12.2. The van der Waals surface area contributed by atoms with Crippen LogP contribution in [0.4, 0.5) is 0 Å². The fourth-order valence-corrected chi connectivity index (χ4v) is 3.48. The minimum absolute atomic E-state index is 0.0124. The van der Waals surface area contributed by atoms with E-state index in [0.29, 0.717) is 23.2 Å². The molecule has 1 fully saturated rings. The predicted octanol–water partition coefficient (Wildman–Crippen LogP) is 2.12. The summed E-state index contributed by atoms with van der Waals surface area (Å²) in [5.41, 5.74) is 0.640. The molecular formula is C17H23N3O2. The summed E-state index contributed by atoms with van der Waals surface area (Å²) in [5.74, 6) is 1.19. The molecule has 3 N–H and O–H groups in total. The van der Waals surface area contributed by atoms with E-state index in [-0.39, 0.29) is 18.2 Å². The van der Waals surface area contributed by atoms with Crippen LogP contribution in [0, 0.1) is 5.92 Å². The molecule has 5 heteroatoms. The van der Waals surface area contributed by atoms with Crippen molar-refractivity contribution in [2.45, 2.75) is 44.7 Å². The van der Waals surface area contributed by atoms with E-state index in [1.54, 1.807) is 6.07 Å². The first-order chi connectivity index (χ1) is 10.7. The third kappa shape index (κ3) is 3.05. The summed E-state index contributed by atoms with van der Waals surface area (Å²) in [5, 5.41) is 13.4. The minimum Gasteiger partial charge on any atom is -0.396 e. The van der Waals surface area contributed by atoms with Crippen LogP contribution in [0.1, 0.15) is 44.5 Å². The summed E-state index contributed by atoms with van der Waals surface area (Å²) in [6.07, 6.45) is 4.31. The van der Waals surface area contributed by atoms with E-state index in [0.717, 1.165) is 24.8 Å². The molecule has 1 aliphatic carbocycles. The zero-order chi connectivity index (χ0) is 15.5. The van der Waals surface area contributed by atoms with Gasteiger partial charge < -0.3 is 15.4 Å².